The first-order valence-electron chi connectivity index (χ1n) is 9.12. The van der Waals surface area contributed by atoms with Crippen LogP contribution in [0.2, 0.25) is 0 Å². The van der Waals surface area contributed by atoms with Crippen LogP contribution in [-0.2, 0) is 14.8 Å². The number of carbonyl (C=O) groups excluding carboxylic acids is 1. The number of amides is 1. The van der Waals surface area contributed by atoms with Gasteiger partial charge in [0.05, 0.1) is 0 Å². The van der Waals surface area contributed by atoms with Gasteiger partial charge in [0.25, 0.3) is 0 Å². The summed E-state index contributed by atoms with van der Waals surface area (Å²) >= 11 is 1.19. The summed E-state index contributed by atoms with van der Waals surface area (Å²) in [4.78, 5) is 18.1. The van der Waals surface area contributed by atoms with Gasteiger partial charge in [0.15, 0.2) is 5.96 Å². The molecule has 1 amide bonds. The van der Waals surface area contributed by atoms with Crippen molar-refractivity contribution in [3.63, 3.8) is 0 Å². The van der Waals surface area contributed by atoms with Gasteiger partial charge in [-0.3, -0.25) is 9.79 Å². The van der Waals surface area contributed by atoms with Gasteiger partial charge in [-0.05, 0) is 24.3 Å². The Morgan fingerprint density at radius 3 is 2.54 bits per heavy atom. The zero-order valence-corrected chi connectivity index (χ0v) is 20.4. The summed E-state index contributed by atoms with van der Waals surface area (Å²) in [6, 6.07) is 3.54. The van der Waals surface area contributed by atoms with E-state index in [0.29, 0.717) is 16.7 Å². The summed E-state index contributed by atoms with van der Waals surface area (Å²) in [5.74, 6) is 0.870. The van der Waals surface area contributed by atoms with Gasteiger partial charge in [-0.2, -0.15) is 0 Å². The average Bonchev–Trinajstić information content (AvgIpc) is 3.20. The van der Waals surface area contributed by atoms with Crippen molar-refractivity contribution >= 4 is 57.2 Å². The fourth-order valence-corrected chi connectivity index (χ4v) is 4.92. The largest absolute Gasteiger partial charge is 0.355 e. The smallest absolute Gasteiger partial charge is 0.250 e. The van der Waals surface area contributed by atoms with E-state index in [9.17, 15) is 13.2 Å². The number of nitrogens with one attached hydrogen (secondary N) is 3. The minimum absolute atomic E-state index is 0. The normalized spacial score (nSPS) is 16.0. The molecule has 3 N–H and O–H groups in total. The molecule has 1 fully saturated rings. The first-order valence-corrected chi connectivity index (χ1v) is 11.5. The molecule has 2 heterocycles. The number of nitrogens with zero attached hydrogens (tertiary/aromatic N) is 2. The summed E-state index contributed by atoms with van der Waals surface area (Å²) in [5, 5.41) is 8.20. The van der Waals surface area contributed by atoms with E-state index >= 15 is 0 Å². The molecule has 0 aromatic carbocycles. The number of piperidine rings is 1. The zero-order valence-electron chi connectivity index (χ0n) is 16.5. The number of aliphatic imine (C=N–C) groups is 1. The highest BCUT2D eigenvalue weighted by molar-refractivity contribution is 14.0. The molecule has 0 bridgehead atoms. The first kappa shape index (κ1) is 25.1. The Balaban J connectivity index is 0.00000392. The molecule has 0 radical (unpaired) electrons. The molecule has 11 heteroatoms. The molecule has 1 saturated heterocycles. The van der Waals surface area contributed by atoms with Gasteiger partial charge in [-0.15, -0.1) is 35.3 Å². The van der Waals surface area contributed by atoms with Crippen LogP contribution in [0.3, 0.4) is 0 Å². The third kappa shape index (κ3) is 7.48. The second kappa shape index (κ2) is 11.9. The predicted molar refractivity (Wildman–Crippen MR) is 124 cm³/mol. The lowest BCUT2D eigenvalue weighted by molar-refractivity contribution is -0.135. The van der Waals surface area contributed by atoms with Gasteiger partial charge in [-0.25, -0.2) is 13.1 Å². The molecule has 0 atom stereocenters. The molecule has 2 rings (SSSR count). The molecule has 0 saturated carbocycles. The number of halogens is 1. The Labute approximate surface area is 188 Å². The Kier molecular flexibility index (Phi) is 10.7. The fourth-order valence-electron chi connectivity index (χ4n) is 2.85. The number of likely N-dealkylation sites (tertiary alicyclic amines) is 1. The number of hydrogen-bond acceptors (Lipinski definition) is 5. The number of guanidine groups is 1. The topological polar surface area (TPSA) is 103 Å². The number of hydrogen-bond donors (Lipinski definition) is 3. The van der Waals surface area contributed by atoms with Crippen LogP contribution in [0.4, 0.5) is 0 Å². The maximum absolute atomic E-state index is 12.1. The summed E-state index contributed by atoms with van der Waals surface area (Å²) in [6.45, 7) is 6.02. The van der Waals surface area contributed by atoms with Crippen molar-refractivity contribution in [1.82, 2.24) is 20.3 Å². The lowest BCUT2D eigenvalue weighted by Gasteiger charge is -2.34. The molecule has 8 nitrogen and oxygen atoms in total. The van der Waals surface area contributed by atoms with Crippen LogP contribution in [0, 0.1) is 5.92 Å². The van der Waals surface area contributed by atoms with E-state index in [4.69, 9.17) is 0 Å². The Hall–Kier alpha value is -0.920. The van der Waals surface area contributed by atoms with Crippen LogP contribution in [0.25, 0.3) is 0 Å². The van der Waals surface area contributed by atoms with Crippen molar-refractivity contribution < 1.29 is 13.2 Å². The van der Waals surface area contributed by atoms with Crippen molar-refractivity contribution in [3.8, 4) is 0 Å². The van der Waals surface area contributed by atoms with Crippen molar-refractivity contribution in [1.29, 1.82) is 0 Å². The highest BCUT2D eigenvalue weighted by Crippen LogP contribution is 2.15. The second-order valence-corrected chi connectivity index (χ2v) is 9.67. The van der Waals surface area contributed by atoms with Crippen LogP contribution < -0.4 is 15.4 Å². The maximum Gasteiger partial charge on any atom is 0.250 e. The molecule has 1 aromatic rings. The molecule has 160 valence electrons. The number of carbonyl (C=O) groups is 1. The van der Waals surface area contributed by atoms with Crippen LogP contribution in [0.1, 0.15) is 26.7 Å². The monoisotopic (exact) mass is 543 g/mol. The first-order chi connectivity index (χ1) is 12.8. The maximum atomic E-state index is 12.1. The van der Waals surface area contributed by atoms with Crippen molar-refractivity contribution in [3.05, 3.63) is 17.5 Å². The number of thiophene rings is 1. The fraction of sp³-hybridized carbons (Fsp3) is 0.647. The van der Waals surface area contributed by atoms with Crippen molar-refractivity contribution in [2.45, 2.75) is 36.9 Å². The summed E-state index contributed by atoms with van der Waals surface area (Å²) in [6.07, 6.45) is 1.73. The Morgan fingerprint density at radius 1 is 1.32 bits per heavy atom. The Bertz CT molecular complexity index is 730. The lowest BCUT2D eigenvalue weighted by atomic mass is 10.0. The molecule has 0 spiro atoms. The molecule has 28 heavy (non-hydrogen) atoms. The molecule has 0 aliphatic carbocycles. The van der Waals surface area contributed by atoms with Gasteiger partial charge < -0.3 is 15.5 Å². The van der Waals surface area contributed by atoms with E-state index in [-0.39, 0.29) is 48.4 Å². The van der Waals surface area contributed by atoms with Crippen LogP contribution in [0.5, 0.6) is 0 Å². The molecule has 1 aliphatic rings. The number of sulfonamides is 1. The number of rotatable bonds is 7. The van der Waals surface area contributed by atoms with Crippen molar-refractivity contribution in [2.24, 2.45) is 10.9 Å². The van der Waals surface area contributed by atoms with E-state index in [0.717, 1.165) is 25.9 Å². The molecular formula is C17H30IN5O3S2. The quantitative estimate of drug-likeness (QED) is 0.209. The molecular weight excluding hydrogens is 513 g/mol. The zero-order chi connectivity index (χ0) is 19.9. The van der Waals surface area contributed by atoms with E-state index in [1.807, 2.05) is 18.7 Å². The highest BCUT2D eigenvalue weighted by atomic mass is 127. The van der Waals surface area contributed by atoms with Crippen LogP contribution in [0.15, 0.2) is 26.7 Å². The summed E-state index contributed by atoms with van der Waals surface area (Å²) in [5.41, 5.74) is 0. The SMILES string of the molecule is CN=C(NCCNS(=O)(=O)c1cccs1)NC1CCN(C(=O)C(C)C)CC1.I. The third-order valence-corrected chi connectivity index (χ3v) is 7.19. The van der Waals surface area contributed by atoms with Gasteiger partial charge >= 0.3 is 0 Å². The highest BCUT2D eigenvalue weighted by Gasteiger charge is 2.24. The van der Waals surface area contributed by atoms with Crippen LogP contribution in [-0.4, -0.2) is 64.5 Å². The van der Waals surface area contributed by atoms with E-state index in [2.05, 4.69) is 20.3 Å². The Morgan fingerprint density at radius 2 is 2.00 bits per heavy atom. The average molecular weight is 543 g/mol. The summed E-state index contributed by atoms with van der Waals surface area (Å²) < 4.78 is 27.0. The standard InChI is InChI=1S/C17H29N5O3S2.HI/c1-13(2)16(23)22-10-6-14(7-11-22)21-17(18-3)19-8-9-20-27(24,25)15-5-4-12-26-15;/h4-5,12-14,20H,6-11H2,1-3H3,(H2,18,19,21);1H. The molecule has 1 aromatic heterocycles. The predicted octanol–water partition coefficient (Wildman–Crippen LogP) is 1.46. The van der Waals surface area contributed by atoms with Gasteiger partial charge in [0, 0.05) is 45.2 Å². The summed E-state index contributed by atoms with van der Waals surface area (Å²) in [7, 11) is -1.76. The molecule has 0 unspecified atom stereocenters. The third-order valence-electron chi connectivity index (χ3n) is 4.33. The second-order valence-electron chi connectivity index (χ2n) is 6.73. The van der Waals surface area contributed by atoms with Gasteiger partial charge in [-0.1, -0.05) is 19.9 Å². The minimum atomic E-state index is -3.44. The van der Waals surface area contributed by atoms with Crippen molar-refractivity contribution in [2.75, 3.05) is 33.2 Å². The minimum Gasteiger partial charge on any atom is -0.355 e. The van der Waals surface area contributed by atoms with E-state index < -0.39 is 10.0 Å². The lowest BCUT2D eigenvalue weighted by Crippen LogP contribution is -2.51. The molecule has 1 aliphatic heterocycles. The van der Waals surface area contributed by atoms with Gasteiger partial charge in [0.2, 0.25) is 15.9 Å². The van der Waals surface area contributed by atoms with E-state index in [1.54, 1.807) is 24.6 Å². The van der Waals surface area contributed by atoms with E-state index in [1.165, 1.54) is 11.3 Å². The van der Waals surface area contributed by atoms with Crippen LogP contribution >= 0.6 is 35.3 Å². The van der Waals surface area contributed by atoms with Gasteiger partial charge in [0.1, 0.15) is 4.21 Å².